The second kappa shape index (κ2) is 9.40. The molecule has 26 heavy (non-hydrogen) atoms. The highest BCUT2D eigenvalue weighted by Crippen LogP contribution is 2.26. The number of thiophene rings is 1. The molecule has 2 unspecified atom stereocenters. The second-order valence-electron chi connectivity index (χ2n) is 6.95. The number of halogens is 1. The average Bonchev–Trinajstić information content (AvgIpc) is 3.08. The van der Waals surface area contributed by atoms with Crippen LogP contribution in [0, 0.1) is 5.92 Å². The van der Waals surface area contributed by atoms with Crippen LogP contribution in [0.3, 0.4) is 0 Å². The smallest absolute Gasteiger partial charge is 0.315 e. The van der Waals surface area contributed by atoms with Gasteiger partial charge >= 0.3 is 6.03 Å². The molecule has 0 radical (unpaired) electrons. The first-order chi connectivity index (χ1) is 12.6. The van der Waals surface area contributed by atoms with Crippen molar-refractivity contribution >= 4 is 29.0 Å². The molecule has 0 aliphatic carbocycles. The molecule has 0 bridgehead atoms. The number of hydrogen-bond acceptors (Lipinski definition) is 3. The third kappa shape index (κ3) is 5.73. The fourth-order valence-corrected chi connectivity index (χ4v) is 4.48. The summed E-state index contributed by atoms with van der Waals surface area (Å²) in [5.41, 5.74) is 1.35. The fraction of sp³-hybridized carbons (Fsp3) is 0.450. The summed E-state index contributed by atoms with van der Waals surface area (Å²) in [6, 6.07) is 14.3. The van der Waals surface area contributed by atoms with Crippen molar-refractivity contribution in [3.05, 3.63) is 57.2 Å². The van der Waals surface area contributed by atoms with E-state index in [1.807, 2.05) is 19.1 Å². The standard InChI is InChI=1S/C20H26ClN3OS/c1-15(18-9-10-19(21)26-18)23-20(25)22-12-17-8-5-11-24(14-17)13-16-6-3-2-4-7-16/h2-4,6-7,9-10,15,17H,5,8,11-14H2,1H3,(H2,22,23,25). The highest BCUT2D eigenvalue weighted by Gasteiger charge is 2.21. The van der Waals surface area contributed by atoms with E-state index < -0.39 is 0 Å². The number of amides is 2. The van der Waals surface area contributed by atoms with Crippen LogP contribution in [0.5, 0.6) is 0 Å². The molecule has 0 spiro atoms. The zero-order valence-corrected chi connectivity index (χ0v) is 16.7. The maximum absolute atomic E-state index is 12.2. The lowest BCUT2D eigenvalue weighted by atomic mass is 9.97. The Kier molecular flexibility index (Phi) is 6.94. The van der Waals surface area contributed by atoms with E-state index in [2.05, 4.69) is 45.9 Å². The van der Waals surface area contributed by atoms with Gasteiger partial charge in [-0.1, -0.05) is 41.9 Å². The zero-order chi connectivity index (χ0) is 18.4. The Hall–Kier alpha value is -1.56. The molecule has 6 heteroatoms. The Morgan fingerprint density at radius 3 is 2.85 bits per heavy atom. The average molecular weight is 392 g/mol. The molecule has 1 aliphatic heterocycles. The van der Waals surface area contributed by atoms with Crippen LogP contribution in [0.25, 0.3) is 0 Å². The molecular weight excluding hydrogens is 366 g/mol. The minimum Gasteiger partial charge on any atom is -0.338 e. The van der Waals surface area contributed by atoms with Crippen LogP contribution >= 0.6 is 22.9 Å². The number of likely N-dealkylation sites (tertiary alicyclic amines) is 1. The van der Waals surface area contributed by atoms with Gasteiger partial charge in [0.1, 0.15) is 0 Å². The molecule has 2 aromatic rings. The van der Waals surface area contributed by atoms with E-state index in [4.69, 9.17) is 11.6 Å². The Morgan fingerprint density at radius 2 is 2.12 bits per heavy atom. The van der Waals surface area contributed by atoms with E-state index in [1.54, 1.807) is 0 Å². The Bertz CT molecular complexity index is 706. The summed E-state index contributed by atoms with van der Waals surface area (Å²) in [7, 11) is 0. The molecule has 140 valence electrons. The van der Waals surface area contributed by atoms with Crippen molar-refractivity contribution in [2.45, 2.75) is 32.4 Å². The minimum absolute atomic E-state index is 0.0339. The van der Waals surface area contributed by atoms with E-state index in [0.717, 1.165) is 35.4 Å². The topological polar surface area (TPSA) is 44.4 Å². The van der Waals surface area contributed by atoms with E-state index in [-0.39, 0.29) is 12.1 Å². The zero-order valence-electron chi connectivity index (χ0n) is 15.1. The number of carbonyl (C=O) groups is 1. The third-order valence-corrected chi connectivity index (χ3v) is 6.19. The highest BCUT2D eigenvalue weighted by molar-refractivity contribution is 7.16. The second-order valence-corrected chi connectivity index (χ2v) is 8.69. The molecule has 2 atom stereocenters. The number of urea groups is 1. The summed E-state index contributed by atoms with van der Waals surface area (Å²) in [4.78, 5) is 15.7. The lowest BCUT2D eigenvalue weighted by Gasteiger charge is -2.33. The molecule has 2 heterocycles. The van der Waals surface area contributed by atoms with Crippen LogP contribution in [0.2, 0.25) is 4.34 Å². The first-order valence-corrected chi connectivity index (χ1v) is 10.4. The third-order valence-electron chi connectivity index (χ3n) is 4.77. The number of benzene rings is 1. The molecular formula is C20H26ClN3OS. The van der Waals surface area contributed by atoms with Gasteiger partial charge in [0, 0.05) is 24.5 Å². The van der Waals surface area contributed by atoms with Crippen molar-refractivity contribution in [1.29, 1.82) is 0 Å². The summed E-state index contributed by atoms with van der Waals surface area (Å²) < 4.78 is 0.745. The SMILES string of the molecule is CC(NC(=O)NCC1CCCN(Cc2ccccc2)C1)c1ccc(Cl)s1. The molecule has 1 aliphatic rings. The summed E-state index contributed by atoms with van der Waals surface area (Å²) >= 11 is 7.46. The lowest BCUT2D eigenvalue weighted by Crippen LogP contribution is -2.43. The van der Waals surface area contributed by atoms with Crippen LogP contribution in [0.1, 0.15) is 36.2 Å². The number of nitrogens with one attached hydrogen (secondary N) is 2. The first-order valence-electron chi connectivity index (χ1n) is 9.16. The molecule has 2 N–H and O–H groups in total. The fourth-order valence-electron chi connectivity index (χ4n) is 3.42. The predicted octanol–water partition coefficient (Wildman–Crippen LogP) is 4.67. The van der Waals surface area contributed by atoms with E-state index >= 15 is 0 Å². The van der Waals surface area contributed by atoms with Gasteiger partial charge in [0.05, 0.1) is 10.4 Å². The summed E-state index contributed by atoms with van der Waals surface area (Å²) in [5.74, 6) is 0.504. The number of hydrogen-bond donors (Lipinski definition) is 2. The number of piperidine rings is 1. The van der Waals surface area contributed by atoms with E-state index in [1.165, 1.54) is 29.7 Å². The molecule has 1 aromatic heterocycles. The molecule has 1 saturated heterocycles. The van der Waals surface area contributed by atoms with Crippen LogP contribution in [-0.2, 0) is 6.54 Å². The Morgan fingerprint density at radius 1 is 1.31 bits per heavy atom. The molecule has 1 fully saturated rings. The van der Waals surface area contributed by atoms with Crippen molar-refractivity contribution in [1.82, 2.24) is 15.5 Å². The molecule has 4 nitrogen and oxygen atoms in total. The first kappa shape index (κ1) is 19.2. The van der Waals surface area contributed by atoms with Crippen LogP contribution in [0.4, 0.5) is 4.79 Å². The minimum atomic E-state index is -0.109. The normalized spacial score (nSPS) is 19.1. The largest absolute Gasteiger partial charge is 0.338 e. The molecule has 3 rings (SSSR count). The van der Waals surface area contributed by atoms with Gasteiger partial charge in [-0.15, -0.1) is 11.3 Å². The summed E-state index contributed by atoms with van der Waals surface area (Å²) in [6.45, 7) is 5.84. The maximum Gasteiger partial charge on any atom is 0.315 e. The number of nitrogens with zero attached hydrogens (tertiary/aromatic N) is 1. The van der Waals surface area contributed by atoms with Crippen LogP contribution in [0.15, 0.2) is 42.5 Å². The van der Waals surface area contributed by atoms with Crippen LogP contribution < -0.4 is 10.6 Å². The highest BCUT2D eigenvalue weighted by atomic mass is 35.5. The van der Waals surface area contributed by atoms with Gasteiger partial charge in [-0.25, -0.2) is 4.79 Å². The summed E-state index contributed by atoms with van der Waals surface area (Å²) in [6.07, 6.45) is 2.35. The molecule has 0 saturated carbocycles. The summed E-state index contributed by atoms with van der Waals surface area (Å²) in [5, 5.41) is 6.03. The van der Waals surface area contributed by atoms with Gasteiger partial charge in [-0.3, -0.25) is 4.90 Å². The van der Waals surface area contributed by atoms with Crippen molar-refractivity contribution in [3.63, 3.8) is 0 Å². The van der Waals surface area contributed by atoms with Gasteiger partial charge in [0.15, 0.2) is 0 Å². The van der Waals surface area contributed by atoms with Gasteiger partial charge < -0.3 is 10.6 Å². The molecule has 2 amide bonds. The maximum atomic E-state index is 12.2. The van der Waals surface area contributed by atoms with E-state index in [9.17, 15) is 4.79 Å². The molecule has 1 aromatic carbocycles. The van der Waals surface area contributed by atoms with Crippen molar-refractivity contribution < 1.29 is 4.79 Å². The van der Waals surface area contributed by atoms with Crippen molar-refractivity contribution in [2.75, 3.05) is 19.6 Å². The van der Waals surface area contributed by atoms with Gasteiger partial charge in [0.2, 0.25) is 0 Å². The van der Waals surface area contributed by atoms with Gasteiger partial charge in [-0.2, -0.15) is 0 Å². The Labute approximate surface area is 164 Å². The van der Waals surface area contributed by atoms with Crippen molar-refractivity contribution in [2.24, 2.45) is 5.92 Å². The lowest BCUT2D eigenvalue weighted by molar-refractivity contribution is 0.165. The van der Waals surface area contributed by atoms with Crippen LogP contribution in [-0.4, -0.2) is 30.6 Å². The van der Waals surface area contributed by atoms with Crippen molar-refractivity contribution in [3.8, 4) is 0 Å². The van der Waals surface area contributed by atoms with Gasteiger partial charge in [-0.05, 0) is 49.9 Å². The quantitative estimate of drug-likeness (QED) is 0.751. The number of rotatable bonds is 6. The van der Waals surface area contributed by atoms with E-state index in [0.29, 0.717) is 5.92 Å². The Balaban J connectivity index is 1.41. The monoisotopic (exact) mass is 391 g/mol. The number of carbonyl (C=O) groups excluding carboxylic acids is 1. The predicted molar refractivity (Wildman–Crippen MR) is 109 cm³/mol. The van der Waals surface area contributed by atoms with Gasteiger partial charge in [0.25, 0.3) is 0 Å².